The molecular weight excluding hydrogens is 402 g/mol. The summed E-state index contributed by atoms with van der Waals surface area (Å²) in [5.74, 6) is 0.835. The van der Waals surface area contributed by atoms with Crippen molar-refractivity contribution in [3.8, 4) is 5.75 Å². The largest absolute Gasteiger partial charge is 0.496 e. The van der Waals surface area contributed by atoms with Crippen LogP contribution in [0.2, 0.25) is 0 Å². The van der Waals surface area contributed by atoms with Crippen LogP contribution in [-0.4, -0.2) is 18.0 Å². The van der Waals surface area contributed by atoms with E-state index in [0.717, 1.165) is 22.0 Å². The van der Waals surface area contributed by atoms with E-state index in [1.807, 2.05) is 29.6 Å². The normalized spacial score (nSPS) is 10.8. The second kappa shape index (κ2) is 9.33. The van der Waals surface area contributed by atoms with Crippen molar-refractivity contribution in [1.29, 1.82) is 0 Å². The molecule has 0 unspecified atom stereocenters. The molecule has 5 nitrogen and oxygen atoms in total. The molecule has 0 atom stereocenters. The molecule has 0 fully saturated rings. The number of para-hydroxylation sites is 1. The molecule has 0 bridgehead atoms. The monoisotopic (exact) mass is 427 g/mol. The lowest BCUT2D eigenvalue weighted by atomic mass is 10.1. The molecule has 7 heteroatoms. The number of thiazole rings is 1. The molecule has 1 heterocycles. The molecule has 0 saturated heterocycles. The summed E-state index contributed by atoms with van der Waals surface area (Å²) in [5.41, 5.74) is 5.06. The van der Waals surface area contributed by atoms with Crippen molar-refractivity contribution in [2.75, 3.05) is 17.1 Å². The average Bonchev–Trinajstić information content (AvgIpc) is 3.18. The second-order valence-corrected chi connectivity index (χ2v) is 8.73. The van der Waals surface area contributed by atoms with Crippen LogP contribution in [-0.2, 0) is 0 Å². The van der Waals surface area contributed by atoms with Crippen LogP contribution >= 0.6 is 23.3 Å². The van der Waals surface area contributed by atoms with Crippen molar-refractivity contribution in [2.45, 2.75) is 38.5 Å². The van der Waals surface area contributed by atoms with Gasteiger partial charge in [0.2, 0.25) is 0 Å². The quantitative estimate of drug-likeness (QED) is 0.436. The molecule has 2 aromatic carbocycles. The third-order valence-corrected chi connectivity index (χ3v) is 6.18. The highest BCUT2D eigenvalue weighted by atomic mass is 32.2. The molecule has 2 N–H and O–H groups in total. The molecule has 0 saturated carbocycles. The molecule has 1 amide bonds. The standard InChI is InChI=1S/C22H25N3O2S2/c1-13(2)17-12-28-22(24-17)21(26)23-16-9-10-18(27-5)19(11-16)29-25-20-14(3)7-6-8-15(20)4/h6-13,25H,1-5H3,(H,23,26). The van der Waals surface area contributed by atoms with Gasteiger partial charge in [0, 0.05) is 11.1 Å². The summed E-state index contributed by atoms with van der Waals surface area (Å²) >= 11 is 2.82. The fraction of sp³-hybridized carbons (Fsp3) is 0.273. The number of amides is 1. The number of hydrogen-bond donors (Lipinski definition) is 2. The van der Waals surface area contributed by atoms with Gasteiger partial charge in [0.05, 0.1) is 23.4 Å². The molecule has 0 spiro atoms. The summed E-state index contributed by atoms with van der Waals surface area (Å²) in [4.78, 5) is 17.9. The number of benzene rings is 2. The van der Waals surface area contributed by atoms with E-state index in [2.05, 4.69) is 54.9 Å². The third-order valence-electron chi connectivity index (χ3n) is 4.47. The number of nitrogens with one attached hydrogen (secondary N) is 2. The van der Waals surface area contributed by atoms with Crippen LogP contribution in [0.4, 0.5) is 11.4 Å². The van der Waals surface area contributed by atoms with E-state index in [0.29, 0.717) is 16.6 Å². The number of ether oxygens (including phenoxy) is 1. The highest BCUT2D eigenvalue weighted by Gasteiger charge is 2.14. The van der Waals surface area contributed by atoms with Crippen LogP contribution in [0.1, 0.15) is 46.4 Å². The minimum atomic E-state index is -0.203. The Balaban J connectivity index is 1.76. The summed E-state index contributed by atoms with van der Waals surface area (Å²) in [6.45, 7) is 8.27. The Bertz CT molecular complexity index is 995. The van der Waals surface area contributed by atoms with Crippen LogP contribution in [0.25, 0.3) is 0 Å². The predicted molar refractivity (Wildman–Crippen MR) is 123 cm³/mol. The minimum absolute atomic E-state index is 0.203. The lowest BCUT2D eigenvalue weighted by Gasteiger charge is -2.14. The van der Waals surface area contributed by atoms with Gasteiger partial charge in [0.1, 0.15) is 5.75 Å². The molecule has 0 aliphatic rings. The number of carbonyl (C=O) groups is 1. The summed E-state index contributed by atoms with van der Waals surface area (Å²) < 4.78 is 8.90. The first-order valence-corrected chi connectivity index (χ1v) is 11.0. The van der Waals surface area contributed by atoms with Gasteiger partial charge in [-0.05, 0) is 61.0 Å². The Labute approximate surface area is 180 Å². The van der Waals surface area contributed by atoms with Gasteiger partial charge >= 0.3 is 0 Å². The fourth-order valence-electron chi connectivity index (χ4n) is 2.76. The Hall–Kier alpha value is -2.51. The zero-order valence-corrected chi connectivity index (χ0v) is 18.8. The van der Waals surface area contributed by atoms with Crippen molar-refractivity contribution < 1.29 is 9.53 Å². The second-order valence-electron chi connectivity index (χ2n) is 7.02. The lowest BCUT2D eigenvalue weighted by molar-refractivity contribution is 0.102. The maximum absolute atomic E-state index is 12.6. The van der Waals surface area contributed by atoms with E-state index in [-0.39, 0.29) is 5.91 Å². The molecule has 0 radical (unpaired) electrons. The van der Waals surface area contributed by atoms with Crippen molar-refractivity contribution >= 4 is 40.6 Å². The SMILES string of the molecule is COc1ccc(NC(=O)c2nc(C(C)C)cs2)cc1SNc1c(C)cccc1C. The molecule has 0 aliphatic carbocycles. The van der Waals surface area contributed by atoms with Crippen LogP contribution in [0, 0.1) is 13.8 Å². The summed E-state index contributed by atoms with van der Waals surface area (Å²) in [6.07, 6.45) is 0. The van der Waals surface area contributed by atoms with Crippen LogP contribution in [0.3, 0.4) is 0 Å². The number of methoxy groups -OCH3 is 1. The maximum atomic E-state index is 12.6. The molecule has 1 aromatic heterocycles. The van der Waals surface area contributed by atoms with Crippen molar-refractivity contribution in [2.24, 2.45) is 0 Å². The summed E-state index contributed by atoms with van der Waals surface area (Å²) in [5, 5.41) is 5.33. The molecule has 0 aliphatic heterocycles. The first kappa shape index (κ1) is 21.2. The first-order chi connectivity index (χ1) is 13.9. The average molecular weight is 428 g/mol. The van der Waals surface area contributed by atoms with Gasteiger partial charge < -0.3 is 14.8 Å². The number of aromatic nitrogens is 1. The van der Waals surface area contributed by atoms with E-state index >= 15 is 0 Å². The Morgan fingerprint density at radius 3 is 2.52 bits per heavy atom. The molecular formula is C22H25N3O2S2. The molecule has 3 rings (SSSR count). The number of carbonyl (C=O) groups excluding carboxylic acids is 1. The van der Waals surface area contributed by atoms with Crippen LogP contribution in [0.5, 0.6) is 5.75 Å². The molecule has 3 aromatic rings. The van der Waals surface area contributed by atoms with Crippen LogP contribution in [0.15, 0.2) is 46.7 Å². The Morgan fingerprint density at radius 2 is 1.90 bits per heavy atom. The van der Waals surface area contributed by atoms with Crippen molar-refractivity contribution in [3.05, 3.63) is 63.6 Å². The smallest absolute Gasteiger partial charge is 0.284 e. The Kier molecular flexibility index (Phi) is 6.82. The van der Waals surface area contributed by atoms with Gasteiger partial charge in [-0.15, -0.1) is 11.3 Å². The maximum Gasteiger partial charge on any atom is 0.284 e. The van der Waals surface area contributed by atoms with Gasteiger partial charge in [-0.25, -0.2) is 4.98 Å². The van der Waals surface area contributed by atoms with E-state index < -0.39 is 0 Å². The van der Waals surface area contributed by atoms with Gasteiger partial charge in [-0.1, -0.05) is 32.0 Å². The zero-order valence-electron chi connectivity index (χ0n) is 17.2. The number of aryl methyl sites for hydroxylation is 2. The van der Waals surface area contributed by atoms with E-state index in [1.165, 1.54) is 34.4 Å². The highest BCUT2D eigenvalue weighted by Crippen LogP contribution is 2.34. The minimum Gasteiger partial charge on any atom is -0.496 e. The summed E-state index contributed by atoms with van der Waals surface area (Å²) in [7, 11) is 1.64. The number of anilines is 2. The van der Waals surface area contributed by atoms with Gasteiger partial charge in [0.25, 0.3) is 5.91 Å². The fourth-order valence-corrected chi connectivity index (χ4v) is 4.60. The first-order valence-electron chi connectivity index (χ1n) is 9.33. The molecule has 29 heavy (non-hydrogen) atoms. The topological polar surface area (TPSA) is 63.2 Å². The van der Waals surface area contributed by atoms with Crippen molar-refractivity contribution in [1.82, 2.24) is 4.98 Å². The van der Waals surface area contributed by atoms with Gasteiger partial charge in [0.15, 0.2) is 5.01 Å². The third kappa shape index (κ3) is 5.10. The van der Waals surface area contributed by atoms with E-state index in [9.17, 15) is 4.79 Å². The summed E-state index contributed by atoms with van der Waals surface area (Å²) in [6, 6.07) is 11.8. The predicted octanol–water partition coefficient (Wildman–Crippen LogP) is 6.26. The molecule has 152 valence electrons. The lowest BCUT2D eigenvalue weighted by Crippen LogP contribution is -2.12. The van der Waals surface area contributed by atoms with E-state index in [1.54, 1.807) is 7.11 Å². The zero-order chi connectivity index (χ0) is 21.0. The van der Waals surface area contributed by atoms with E-state index in [4.69, 9.17) is 4.74 Å². The van der Waals surface area contributed by atoms with Gasteiger partial charge in [-0.2, -0.15) is 0 Å². The highest BCUT2D eigenvalue weighted by molar-refractivity contribution is 8.00. The van der Waals surface area contributed by atoms with Crippen LogP contribution < -0.4 is 14.8 Å². The number of rotatable bonds is 7. The van der Waals surface area contributed by atoms with Gasteiger partial charge in [-0.3, -0.25) is 4.79 Å². The van der Waals surface area contributed by atoms with Crippen molar-refractivity contribution in [3.63, 3.8) is 0 Å². The number of nitrogens with zero attached hydrogens (tertiary/aromatic N) is 1. The number of hydrogen-bond acceptors (Lipinski definition) is 6. The Morgan fingerprint density at radius 1 is 1.17 bits per heavy atom.